The summed E-state index contributed by atoms with van der Waals surface area (Å²) < 4.78 is 23.4. The smallest absolute Gasteiger partial charge is 0.178 e. The number of hydrogen-bond donors (Lipinski definition) is 1. The topological polar surface area (TPSA) is 49.4 Å². The Bertz CT molecular complexity index is 535. The molecule has 1 aliphatic carbocycles. The van der Waals surface area contributed by atoms with Gasteiger partial charge in [0.2, 0.25) is 0 Å². The van der Waals surface area contributed by atoms with Crippen LogP contribution in [-0.4, -0.2) is 44.7 Å². The number of hydrogen-bond acceptors (Lipinski definition) is 4. The zero-order chi connectivity index (χ0) is 14.8. The zero-order valence-corrected chi connectivity index (χ0v) is 13.3. The number of likely N-dealkylation sites (N-methyl/N-ethyl adjacent to an activating group) is 1. The van der Waals surface area contributed by atoms with Gasteiger partial charge >= 0.3 is 0 Å². The van der Waals surface area contributed by atoms with E-state index in [1.54, 1.807) is 19.1 Å². The van der Waals surface area contributed by atoms with Gasteiger partial charge in [0.25, 0.3) is 0 Å². The first-order valence-corrected chi connectivity index (χ1v) is 8.88. The fourth-order valence-corrected chi connectivity index (χ4v) is 3.08. The van der Waals surface area contributed by atoms with Gasteiger partial charge in [-0.15, -0.1) is 0 Å². The van der Waals surface area contributed by atoms with E-state index in [0.717, 1.165) is 18.3 Å². The van der Waals surface area contributed by atoms with Gasteiger partial charge in [0.15, 0.2) is 9.84 Å². The molecule has 1 aromatic carbocycles. The first-order valence-electron chi connectivity index (χ1n) is 7.22. The molecule has 112 valence electrons. The van der Waals surface area contributed by atoms with Crippen molar-refractivity contribution in [2.24, 2.45) is 0 Å². The van der Waals surface area contributed by atoms with E-state index in [2.05, 4.69) is 24.2 Å². The molecule has 0 heterocycles. The quantitative estimate of drug-likeness (QED) is 0.839. The Labute approximate surface area is 122 Å². The monoisotopic (exact) mass is 296 g/mol. The van der Waals surface area contributed by atoms with Gasteiger partial charge < -0.3 is 5.32 Å². The summed E-state index contributed by atoms with van der Waals surface area (Å²) in [6, 6.07) is 8.26. The van der Waals surface area contributed by atoms with E-state index in [1.165, 1.54) is 12.8 Å². The Hall–Kier alpha value is -1.07. The van der Waals surface area contributed by atoms with Crippen LogP contribution in [0.4, 0.5) is 5.69 Å². The summed E-state index contributed by atoms with van der Waals surface area (Å²) in [7, 11) is -0.931. The van der Waals surface area contributed by atoms with Gasteiger partial charge in [0.1, 0.15) is 0 Å². The van der Waals surface area contributed by atoms with E-state index in [1.807, 2.05) is 12.1 Å². The fourth-order valence-electron chi connectivity index (χ4n) is 2.20. The molecular formula is C15H24N2O2S. The van der Waals surface area contributed by atoms with Crippen molar-refractivity contribution in [3.63, 3.8) is 0 Å². The molecule has 1 unspecified atom stereocenters. The number of benzene rings is 1. The molecule has 1 atom stereocenters. The maximum Gasteiger partial charge on any atom is 0.178 e. The molecule has 0 bridgehead atoms. The summed E-state index contributed by atoms with van der Waals surface area (Å²) in [5, 5.41) is 3.37. The van der Waals surface area contributed by atoms with Crippen LogP contribution in [0.25, 0.3) is 0 Å². The average molecular weight is 296 g/mol. The number of nitrogens with zero attached hydrogens (tertiary/aromatic N) is 1. The summed E-state index contributed by atoms with van der Waals surface area (Å²) in [5.41, 5.74) is 0.969. The van der Waals surface area contributed by atoms with Gasteiger partial charge in [0.05, 0.1) is 10.6 Å². The second kappa shape index (κ2) is 6.14. The van der Waals surface area contributed by atoms with Crippen molar-refractivity contribution in [3.05, 3.63) is 24.3 Å². The lowest BCUT2D eigenvalue weighted by molar-refractivity contribution is 0.257. The zero-order valence-electron chi connectivity index (χ0n) is 12.5. The van der Waals surface area contributed by atoms with Crippen molar-refractivity contribution in [2.45, 2.75) is 43.7 Å². The highest BCUT2D eigenvalue weighted by atomic mass is 32.2. The van der Waals surface area contributed by atoms with Crippen molar-refractivity contribution < 1.29 is 8.42 Å². The predicted octanol–water partition coefficient (Wildman–Crippen LogP) is 2.37. The molecule has 0 spiro atoms. The maximum absolute atomic E-state index is 11.7. The highest BCUT2D eigenvalue weighted by Gasteiger charge is 2.28. The van der Waals surface area contributed by atoms with Crippen molar-refractivity contribution in [1.82, 2.24) is 4.90 Å². The number of sulfone groups is 1. The Balaban J connectivity index is 1.90. The minimum Gasteiger partial charge on any atom is -0.383 e. The number of nitrogens with one attached hydrogen (secondary N) is 1. The molecule has 0 saturated heterocycles. The van der Waals surface area contributed by atoms with Gasteiger partial charge in [-0.1, -0.05) is 6.92 Å². The van der Waals surface area contributed by atoms with Crippen LogP contribution in [0.15, 0.2) is 29.2 Å². The summed E-state index contributed by atoms with van der Waals surface area (Å²) in [4.78, 5) is 2.80. The molecule has 0 radical (unpaired) electrons. The van der Waals surface area contributed by atoms with E-state index < -0.39 is 9.84 Å². The molecule has 0 aromatic heterocycles. The Morgan fingerprint density at radius 3 is 2.40 bits per heavy atom. The normalized spacial score (nSPS) is 17.2. The molecule has 4 nitrogen and oxygen atoms in total. The third kappa shape index (κ3) is 3.73. The maximum atomic E-state index is 11.7. The molecular weight excluding hydrogens is 272 g/mol. The number of anilines is 1. The second-order valence-electron chi connectivity index (χ2n) is 5.55. The van der Waals surface area contributed by atoms with Crippen LogP contribution in [-0.2, 0) is 9.84 Å². The second-order valence-corrected chi connectivity index (χ2v) is 7.83. The third-order valence-corrected chi connectivity index (χ3v) is 5.76. The molecule has 1 aromatic rings. The van der Waals surface area contributed by atoms with Gasteiger partial charge in [0, 0.05) is 24.3 Å². The van der Waals surface area contributed by atoms with Crippen molar-refractivity contribution in [3.8, 4) is 0 Å². The lowest BCUT2D eigenvalue weighted by Gasteiger charge is -2.25. The molecule has 0 amide bonds. The van der Waals surface area contributed by atoms with Gasteiger partial charge in [-0.3, -0.25) is 4.90 Å². The SMILES string of the molecule is CCS(=O)(=O)c1ccc(NCC(C)N(C)C2CC2)cc1. The van der Waals surface area contributed by atoms with Crippen LogP contribution in [0.3, 0.4) is 0 Å². The Kier molecular flexibility index (Phi) is 4.70. The Morgan fingerprint density at radius 1 is 1.30 bits per heavy atom. The van der Waals surface area contributed by atoms with Crippen LogP contribution in [0.1, 0.15) is 26.7 Å². The average Bonchev–Trinajstić information content (AvgIpc) is 3.29. The van der Waals surface area contributed by atoms with Crippen LogP contribution < -0.4 is 5.32 Å². The molecule has 1 N–H and O–H groups in total. The largest absolute Gasteiger partial charge is 0.383 e. The van der Waals surface area contributed by atoms with Crippen molar-refractivity contribution >= 4 is 15.5 Å². The molecule has 5 heteroatoms. The fraction of sp³-hybridized carbons (Fsp3) is 0.600. The van der Waals surface area contributed by atoms with E-state index >= 15 is 0 Å². The van der Waals surface area contributed by atoms with Gasteiger partial charge in [-0.05, 0) is 51.1 Å². The highest BCUT2D eigenvalue weighted by Crippen LogP contribution is 2.27. The molecule has 1 saturated carbocycles. The molecule has 1 fully saturated rings. The summed E-state index contributed by atoms with van der Waals surface area (Å²) in [6.45, 7) is 4.74. The minimum atomic E-state index is -3.10. The van der Waals surface area contributed by atoms with Crippen molar-refractivity contribution in [1.29, 1.82) is 0 Å². The van der Waals surface area contributed by atoms with E-state index in [9.17, 15) is 8.42 Å². The highest BCUT2D eigenvalue weighted by molar-refractivity contribution is 7.91. The van der Waals surface area contributed by atoms with Gasteiger partial charge in [-0.2, -0.15) is 0 Å². The molecule has 1 aliphatic rings. The molecule has 2 rings (SSSR count). The van der Waals surface area contributed by atoms with Crippen LogP contribution >= 0.6 is 0 Å². The van der Waals surface area contributed by atoms with Crippen LogP contribution in [0.5, 0.6) is 0 Å². The third-order valence-electron chi connectivity index (χ3n) is 4.01. The van der Waals surface area contributed by atoms with Crippen LogP contribution in [0.2, 0.25) is 0 Å². The summed E-state index contributed by atoms with van der Waals surface area (Å²) >= 11 is 0. The van der Waals surface area contributed by atoms with E-state index in [-0.39, 0.29) is 5.75 Å². The van der Waals surface area contributed by atoms with Crippen molar-refractivity contribution in [2.75, 3.05) is 24.7 Å². The predicted molar refractivity (Wildman–Crippen MR) is 82.9 cm³/mol. The minimum absolute atomic E-state index is 0.142. The summed E-state index contributed by atoms with van der Waals surface area (Å²) in [5.74, 6) is 0.142. The van der Waals surface area contributed by atoms with Crippen LogP contribution in [0, 0.1) is 0 Å². The standard InChI is InChI=1S/C15H24N2O2S/c1-4-20(18,19)15-9-5-13(6-10-15)16-11-12(2)17(3)14-7-8-14/h5-6,9-10,12,14,16H,4,7-8,11H2,1-3H3. The first-order chi connectivity index (χ1) is 9.44. The Morgan fingerprint density at radius 2 is 1.90 bits per heavy atom. The van der Waals surface area contributed by atoms with Gasteiger partial charge in [-0.25, -0.2) is 8.42 Å². The van der Waals surface area contributed by atoms with E-state index in [4.69, 9.17) is 0 Å². The first kappa shape index (κ1) is 15.3. The lowest BCUT2D eigenvalue weighted by Crippen LogP contribution is -2.36. The van der Waals surface area contributed by atoms with E-state index in [0.29, 0.717) is 10.9 Å². The number of rotatable bonds is 7. The lowest BCUT2D eigenvalue weighted by atomic mass is 10.2. The molecule has 0 aliphatic heterocycles. The molecule has 20 heavy (non-hydrogen) atoms. The summed E-state index contributed by atoms with van der Waals surface area (Å²) in [6.07, 6.45) is 2.62.